The van der Waals surface area contributed by atoms with Gasteiger partial charge in [-0.05, 0) is 12.1 Å². The fourth-order valence-electron chi connectivity index (χ4n) is 2.83. The molecule has 1 atom stereocenters. The summed E-state index contributed by atoms with van der Waals surface area (Å²) in [6, 6.07) is 8.68. The number of nitrogens with zero attached hydrogens (tertiary/aromatic N) is 3. The number of hydrogen-bond acceptors (Lipinski definition) is 4. The summed E-state index contributed by atoms with van der Waals surface area (Å²) in [5, 5.41) is 0. The van der Waals surface area contributed by atoms with Crippen molar-refractivity contribution in [3.63, 3.8) is 0 Å². The summed E-state index contributed by atoms with van der Waals surface area (Å²) in [5.74, 6) is 0.320. The van der Waals surface area contributed by atoms with Gasteiger partial charge in [-0.1, -0.05) is 18.2 Å². The Morgan fingerprint density at radius 2 is 1.84 bits per heavy atom. The lowest BCUT2D eigenvalue weighted by molar-refractivity contribution is -0.150. The largest absolute Gasteiger partial charge is 0.493 e. The number of ether oxygens (including phenoxy) is 1. The molecule has 0 aliphatic carbocycles. The molecule has 0 spiro atoms. The van der Waals surface area contributed by atoms with Gasteiger partial charge in [0.25, 0.3) is 0 Å². The van der Waals surface area contributed by atoms with Gasteiger partial charge in [0.15, 0.2) is 0 Å². The van der Waals surface area contributed by atoms with E-state index in [-0.39, 0.29) is 37.3 Å². The molecule has 0 radical (unpaired) electrons. The highest BCUT2D eigenvalue weighted by Crippen LogP contribution is 2.14. The second-order valence-corrected chi connectivity index (χ2v) is 6.21. The molecule has 136 valence electrons. The molecule has 2 rings (SSSR count). The zero-order valence-electron chi connectivity index (χ0n) is 15.0. The molecule has 1 heterocycles. The topological polar surface area (TPSA) is 70.2 Å². The van der Waals surface area contributed by atoms with Crippen molar-refractivity contribution in [2.24, 2.45) is 0 Å². The van der Waals surface area contributed by atoms with Crippen LogP contribution in [0.1, 0.15) is 13.3 Å². The minimum absolute atomic E-state index is 0.0734. The first-order chi connectivity index (χ1) is 11.9. The van der Waals surface area contributed by atoms with Crippen LogP contribution in [0.2, 0.25) is 0 Å². The van der Waals surface area contributed by atoms with Crippen LogP contribution in [0.4, 0.5) is 0 Å². The number of hydrogen-bond donors (Lipinski definition) is 0. The Bertz CT molecular complexity index is 618. The number of likely N-dealkylation sites (N-methyl/N-ethyl adjacent to an activating group) is 1. The number of carbonyl (C=O) groups excluding carboxylic acids is 3. The molecule has 0 N–H and O–H groups in total. The maximum atomic E-state index is 12.4. The van der Waals surface area contributed by atoms with Gasteiger partial charge in [-0.2, -0.15) is 0 Å². The Hall–Kier alpha value is -2.57. The zero-order chi connectivity index (χ0) is 18.4. The Balaban J connectivity index is 1.91. The molecule has 7 heteroatoms. The summed E-state index contributed by atoms with van der Waals surface area (Å²) in [6.07, 6.45) is 0.234. The van der Waals surface area contributed by atoms with E-state index < -0.39 is 6.04 Å². The van der Waals surface area contributed by atoms with Crippen molar-refractivity contribution in [1.29, 1.82) is 0 Å². The van der Waals surface area contributed by atoms with Gasteiger partial charge in [0.2, 0.25) is 17.7 Å². The van der Waals surface area contributed by atoms with Crippen LogP contribution in [0.3, 0.4) is 0 Å². The van der Waals surface area contributed by atoms with E-state index in [4.69, 9.17) is 4.74 Å². The van der Waals surface area contributed by atoms with Crippen molar-refractivity contribution in [1.82, 2.24) is 14.7 Å². The molecule has 1 aromatic rings. The van der Waals surface area contributed by atoms with Crippen LogP contribution in [0.25, 0.3) is 0 Å². The van der Waals surface area contributed by atoms with Gasteiger partial charge >= 0.3 is 0 Å². The third kappa shape index (κ3) is 4.95. The quantitative estimate of drug-likeness (QED) is 0.782. The van der Waals surface area contributed by atoms with Crippen molar-refractivity contribution >= 4 is 17.7 Å². The first-order valence-corrected chi connectivity index (χ1v) is 8.34. The van der Waals surface area contributed by atoms with E-state index in [1.807, 2.05) is 30.3 Å². The fourth-order valence-corrected chi connectivity index (χ4v) is 2.83. The van der Waals surface area contributed by atoms with E-state index in [0.29, 0.717) is 13.1 Å². The summed E-state index contributed by atoms with van der Waals surface area (Å²) in [6.45, 7) is 2.75. The maximum Gasteiger partial charge on any atom is 0.246 e. The second-order valence-electron chi connectivity index (χ2n) is 6.21. The van der Waals surface area contributed by atoms with Gasteiger partial charge < -0.3 is 19.4 Å². The number of carbonyl (C=O) groups is 3. The normalized spacial score (nSPS) is 17.2. The molecular weight excluding hydrogens is 322 g/mol. The standard InChI is InChI=1S/C18H25N3O4/c1-14(22)21-11-10-20(13-16(21)18(24)19(2)3)17(23)9-12-25-15-7-5-4-6-8-15/h4-8,16H,9-13H2,1-3H3. The Labute approximate surface area is 148 Å². The summed E-state index contributed by atoms with van der Waals surface area (Å²) < 4.78 is 5.55. The Morgan fingerprint density at radius 1 is 1.16 bits per heavy atom. The van der Waals surface area contributed by atoms with Crippen LogP contribution in [0.5, 0.6) is 5.75 Å². The van der Waals surface area contributed by atoms with Crippen LogP contribution >= 0.6 is 0 Å². The van der Waals surface area contributed by atoms with Crippen molar-refractivity contribution in [3.8, 4) is 5.75 Å². The monoisotopic (exact) mass is 347 g/mol. The minimum atomic E-state index is -0.625. The maximum absolute atomic E-state index is 12.4. The van der Waals surface area contributed by atoms with Crippen LogP contribution in [-0.2, 0) is 14.4 Å². The molecule has 7 nitrogen and oxygen atoms in total. The van der Waals surface area contributed by atoms with Gasteiger partial charge in [-0.3, -0.25) is 14.4 Å². The van der Waals surface area contributed by atoms with E-state index in [9.17, 15) is 14.4 Å². The van der Waals surface area contributed by atoms with Crippen LogP contribution in [0, 0.1) is 0 Å². The summed E-state index contributed by atoms with van der Waals surface area (Å²) in [4.78, 5) is 41.2. The highest BCUT2D eigenvalue weighted by atomic mass is 16.5. The van der Waals surface area contributed by atoms with Crippen molar-refractivity contribution in [3.05, 3.63) is 30.3 Å². The van der Waals surface area contributed by atoms with Crippen molar-refractivity contribution in [2.45, 2.75) is 19.4 Å². The van der Waals surface area contributed by atoms with Gasteiger partial charge in [0, 0.05) is 34.1 Å². The van der Waals surface area contributed by atoms with Crippen LogP contribution in [-0.4, -0.2) is 78.8 Å². The third-order valence-corrected chi connectivity index (χ3v) is 4.19. The molecule has 1 fully saturated rings. The lowest BCUT2D eigenvalue weighted by Crippen LogP contribution is -2.61. The first kappa shape index (κ1) is 18.8. The van der Waals surface area contributed by atoms with Gasteiger partial charge in [-0.15, -0.1) is 0 Å². The average molecular weight is 347 g/mol. The highest BCUT2D eigenvalue weighted by molar-refractivity contribution is 5.88. The number of benzene rings is 1. The van der Waals surface area contributed by atoms with E-state index in [1.54, 1.807) is 19.0 Å². The second kappa shape index (κ2) is 8.50. The molecular formula is C18H25N3O4. The Morgan fingerprint density at radius 3 is 2.44 bits per heavy atom. The third-order valence-electron chi connectivity index (χ3n) is 4.19. The number of para-hydroxylation sites is 1. The minimum Gasteiger partial charge on any atom is -0.493 e. The van der Waals surface area contributed by atoms with E-state index in [1.165, 1.54) is 16.7 Å². The number of amides is 3. The first-order valence-electron chi connectivity index (χ1n) is 8.34. The van der Waals surface area contributed by atoms with Crippen molar-refractivity contribution in [2.75, 3.05) is 40.3 Å². The van der Waals surface area contributed by atoms with Gasteiger partial charge in [-0.25, -0.2) is 0 Å². The molecule has 25 heavy (non-hydrogen) atoms. The summed E-state index contributed by atoms with van der Waals surface area (Å²) in [7, 11) is 3.30. The molecule has 1 aliphatic heterocycles. The zero-order valence-corrected chi connectivity index (χ0v) is 15.0. The lowest BCUT2D eigenvalue weighted by atomic mass is 10.1. The van der Waals surface area contributed by atoms with Crippen LogP contribution < -0.4 is 4.74 Å². The Kier molecular flexibility index (Phi) is 6.38. The van der Waals surface area contributed by atoms with E-state index >= 15 is 0 Å². The lowest BCUT2D eigenvalue weighted by Gasteiger charge is -2.41. The van der Waals surface area contributed by atoms with E-state index in [2.05, 4.69) is 0 Å². The smallest absolute Gasteiger partial charge is 0.246 e. The SMILES string of the molecule is CC(=O)N1CCN(C(=O)CCOc2ccccc2)CC1C(=O)N(C)C. The predicted molar refractivity (Wildman–Crippen MR) is 93.0 cm³/mol. The molecule has 0 saturated carbocycles. The molecule has 1 aromatic carbocycles. The van der Waals surface area contributed by atoms with Gasteiger partial charge in [0.1, 0.15) is 11.8 Å². The molecule has 1 aliphatic rings. The molecule has 1 unspecified atom stereocenters. The predicted octanol–water partition coefficient (Wildman–Crippen LogP) is 0.603. The van der Waals surface area contributed by atoms with E-state index in [0.717, 1.165) is 5.75 Å². The molecule has 1 saturated heterocycles. The average Bonchev–Trinajstić information content (AvgIpc) is 2.61. The number of piperazine rings is 1. The van der Waals surface area contributed by atoms with Gasteiger partial charge in [0.05, 0.1) is 19.6 Å². The van der Waals surface area contributed by atoms with Crippen molar-refractivity contribution < 1.29 is 19.1 Å². The fraction of sp³-hybridized carbons (Fsp3) is 0.500. The number of rotatable bonds is 5. The molecule has 0 aromatic heterocycles. The highest BCUT2D eigenvalue weighted by Gasteiger charge is 2.36. The molecule has 3 amide bonds. The van der Waals surface area contributed by atoms with Crippen LogP contribution in [0.15, 0.2) is 30.3 Å². The molecule has 0 bridgehead atoms. The summed E-state index contributed by atoms with van der Waals surface area (Å²) >= 11 is 0. The summed E-state index contributed by atoms with van der Waals surface area (Å²) in [5.41, 5.74) is 0.